The van der Waals surface area contributed by atoms with Crippen molar-refractivity contribution >= 4 is 5.69 Å². The van der Waals surface area contributed by atoms with Crippen LogP contribution in [0.5, 0.6) is 0 Å². The van der Waals surface area contributed by atoms with Gasteiger partial charge < -0.3 is 10.2 Å². The summed E-state index contributed by atoms with van der Waals surface area (Å²) in [7, 11) is 4.14. The number of benzene rings is 1. The summed E-state index contributed by atoms with van der Waals surface area (Å²) >= 11 is 0. The maximum atomic E-state index is 3.46. The van der Waals surface area contributed by atoms with Gasteiger partial charge in [0, 0.05) is 19.8 Å². The lowest BCUT2D eigenvalue weighted by atomic mass is 10.1. The van der Waals surface area contributed by atoms with Crippen LogP contribution in [-0.4, -0.2) is 27.2 Å². The molecule has 0 aromatic heterocycles. The zero-order valence-corrected chi connectivity index (χ0v) is 10.8. The Balaban J connectivity index is 2.27. The summed E-state index contributed by atoms with van der Waals surface area (Å²) in [6, 6.07) is 8.80. The van der Waals surface area contributed by atoms with Gasteiger partial charge in [-0.1, -0.05) is 25.5 Å². The van der Waals surface area contributed by atoms with E-state index in [1.54, 1.807) is 0 Å². The van der Waals surface area contributed by atoms with E-state index in [4.69, 9.17) is 0 Å². The fraction of sp³-hybridized carbons (Fsp3) is 0.571. The summed E-state index contributed by atoms with van der Waals surface area (Å²) in [5, 5.41) is 3.46. The molecule has 1 N–H and O–H groups in total. The molecule has 2 heteroatoms. The van der Waals surface area contributed by atoms with Crippen molar-refractivity contribution in [2.45, 2.75) is 26.2 Å². The first-order valence-electron chi connectivity index (χ1n) is 6.21. The van der Waals surface area contributed by atoms with Crippen molar-refractivity contribution in [2.24, 2.45) is 0 Å². The molecule has 0 aliphatic rings. The Kier molecular flexibility index (Phi) is 5.94. The maximum absolute atomic E-state index is 3.46. The van der Waals surface area contributed by atoms with Crippen molar-refractivity contribution in [2.75, 3.05) is 32.1 Å². The van der Waals surface area contributed by atoms with E-state index in [1.807, 2.05) is 0 Å². The van der Waals surface area contributed by atoms with Gasteiger partial charge in [-0.15, -0.1) is 0 Å². The van der Waals surface area contributed by atoms with Gasteiger partial charge in [0.25, 0.3) is 0 Å². The van der Waals surface area contributed by atoms with Gasteiger partial charge in [-0.2, -0.15) is 0 Å². The van der Waals surface area contributed by atoms with Crippen molar-refractivity contribution in [3.63, 3.8) is 0 Å². The molecule has 0 bridgehead atoms. The van der Waals surface area contributed by atoms with Crippen molar-refractivity contribution < 1.29 is 0 Å². The average molecular weight is 220 g/mol. The SMILES string of the molecule is CCCCNCCc1ccc(N(C)C)cc1. The van der Waals surface area contributed by atoms with Gasteiger partial charge in [-0.3, -0.25) is 0 Å². The summed E-state index contributed by atoms with van der Waals surface area (Å²) in [6.45, 7) is 4.45. The number of nitrogens with one attached hydrogen (secondary N) is 1. The quantitative estimate of drug-likeness (QED) is 0.711. The first kappa shape index (κ1) is 13.0. The topological polar surface area (TPSA) is 15.3 Å². The van der Waals surface area contributed by atoms with Crippen LogP contribution in [0.2, 0.25) is 0 Å². The number of hydrogen-bond donors (Lipinski definition) is 1. The molecule has 90 valence electrons. The van der Waals surface area contributed by atoms with Gasteiger partial charge in [-0.25, -0.2) is 0 Å². The predicted octanol–water partition coefficient (Wildman–Crippen LogP) is 2.68. The van der Waals surface area contributed by atoms with Crippen LogP contribution in [-0.2, 0) is 6.42 Å². The normalized spacial score (nSPS) is 10.4. The van der Waals surface area contributed by atoms with E-state index < -0.39 is 0 Å². The van der Waals surface area contributed by atoms with Crippen LogP contribution < -0.4 is 10.2 Å². The van der Waals surface area contributed by atoms with Crippen molar-refractivity contribution in [3.8, 4) is 0 Å². The van der Waals surface area contributed by atoms with E-state index in [-0.39, 0.29) is 0 Å². The summed E-state index contributed by atoms with van der Waals surface area (Å²) in [5.74, 6) is 0. The summed E-state index contributed by atoms with van der Waals surface area (Å²) < 4.78 is 0. The van der Waals surface area contributed by atoms with Crippen molar-refractivity contribution in [3.05, 3.63) is 29.8 Å². The fourth-order valence-electron chi connectivity index (χ4n) is 1.62. The molecule has 2 nitrogen and oxygen atoms in total. The molecule has 0 saturated heterocycles. The number of rotatable bonds is 7. The molecule has 0 unspecified atom stereocenters. The molecule has 16 heavy (non-hydrogen) atoms. The molecule has 0 amide bonds. The first-order chi connectivity index (χ1) is 7.74. The standard InChI is InChI=1S/C14H24N2/c1-4-5-11-15-12-10-13-6-8-14(9-7-13)16(2)3/h6-9,15H,4-5,10-12H2,1-3H3. The molecule has 0 saturated carbocycles. The lowest BCUT2D eigenvalue weighted by molar-refractivity contribution is 0.640. The van der Waals surface area contributed by atoms with Crippen molar-refractivity contribution in [1.29, 1.82) is 0 Å². The zero-order chi connectivity index (χ0) is 11.8. The molecule has 1 aromatic rings. The van der Waals surface area contributed by atoms with E-state index in [0.717, 1.165) is 19.5 Å². The van der Waals surface area contributed by atoms with Gasteiger partial charge in [0.05, 0.1) is 0 Å². The second kappa shape index (κ2) is 7.29. The highest BCUT2D eigenvalue weighted by atomic mass is 15.1. The zero-order valence-electron chi connectivity index (χ0n) is 10.8. The van der Waals surface area contributed by atoms with E-state index in [0.29, 0.717) is 0 Å². The number of nitrogens with zero attached hydrogens (tertiary/aromatic N) is 1. The van der Waals surface area contributed by atoms with Crippen LogP contribution in [0, 0.1) is 0 Å². The molecule has 0 atom stereocenters. The van der Waals surface area contributed by atoms with Gasteiger partial charge in [-0.05, 0) is 43.6 Å². The highest BCUT2D eigenvalue weighted by Crippen LogP contribution is 2.12. The minimum atomic E-state index is 1.08. The third kappa shape index (κ3) is 4.67. The second-order valence-electron chi connectivity index (χ2n) is 4.41. The largest absolute Gasteiger partial charge is 0.378 e. The Bertz CT molecular complexity index is 277. The summed E-state index contributed by atoms with van der Waals surface area (Å²) in [6.07, 6.45) is 3.67. The molecular formula is C14H24N2. The Morgan fingerprint density at radius 1 is 1.06 bits per heavy atom. The minimum Gasteiger partial charge on any atom is -0.378 e. The molecule has 1 aromatic carbocycles. The Hall–Kier alpha value is -1.02. The van der Waals surface area contributed by atoms with Crippen LogP contribution in [0.4, 0.5) is 5.69 Å². The average Bonchev–Trinajstić information content (AvgIpc) is 2.29. The summed E-state index contributed by atoms with van der Waals surface area (Å²) in [5.41, 5.74) is 2.68. The molecule has 0 radical (unpaired) electrons. The van der Waals surface area contributed by atoms with Crippen LogP contribution in [0.15, 0.2) is 24.3 Å². The van der Waals surface area contributed by atoms with Gasteiger partial charge in [0.15, 0.2) is 0 Å². The lowest BCUT2D eigenvalue weighted by Gasteiger charge is -2.12. The molecule has 0 heterocycles. The lowest BCUT2D eigenvalue weighted by Crippen LogP contribution is -2.18. The number of anilines is 1. The molecule has 1 rings (SSSR count). The minimum absolute atomic E-state index is 1.08. The second-order valence-corrected chi connectivity index (χ2v) is 4.41. The van der Waals surface area contributed by atoms with Gasteiger partial charge in [0.1, 0.15) is 0 Å². The van der Waals surface area contributed by atoms with E-state index in [1.165, 1.54) is 24.1 Å². The van der Waals surface area contributed by atoms with Gasteiger partial charge in [0.2, 0.25) is 0 Å². The maximum Gasteiger partial charge on any atom is 0.0361 e. The molecule has 0 fully saturated rings. The Morgan fingerprint density at radius 2 is 1.75 bits per heavy atom. The van der Waals surface area contributed by atoms with E-state index in [2.05, 4.69) is 55.5 Å². The van der Waals surface area contributed by atoms with E-state index >= 15 is 0 Å². The number of unbranched alkanes of at least 4 members (excludes halogenated alkanes) is 1. The Morgan fingerprint density at radius 3 is 2.31 bits per heavy atom. The fourth-order valence-corrected chi connectivity index (χ4v) is 1.62. The third-order valence-corrected chi connectivity index (χ3v) is 2.75. The third-order valence-electron chi connectivity index (χ3n) is 2.75. The smallest absolute Gasteiger partial charge is 0.0361 e. The first-order valence-corrected chi connectivity index (χ1v) is 6.21. The number of hydrogen-bond acceptors (Lipinski definition) is 2. The van der Waals surface area contributed by atoms with Crippen molar-refractivity contribution in [1.82, 2.24) is 5.32 Å². The highest BCUT2D eigenvalue weighted by Gasteiger charge is 1.96. The Labute approximate surface area is 99.7 Å². The molecule has 0 spiro atoms. The van der Waals surface area contributed by atoms with Crippen LogP contribution in [0.3, 0.4) is 0 Å². The van der Waals surface area contributed by atoms with Crippen LogP contribution in [0.25, 0.3) is 0 Å². The van der Waals surface area contributed by atoms with E-state index in [9.17, 15) is 0 Å². The predicted molar refractivity (Wildman–Crippen MR) is 72.3 cm³/mol. The molecule has 0 aliphatic carbocycles. The van der Waals surface area contributed by atoms with Crippen LogP contribution in [0.1, 0.15) is 25.3 Å². The molecular weight excluding hydrogens is 196 g/mol. The van der Waals surface area contributed by atoms with Crippen LogP contribution >= 0.6 is 0 Å². The highest BCUT2D eigenvalue weighted by molar-refractivity contribution is 5.45. The van der Waals surface area contributed by atoms with Gasteiger partial charge >= 0.3 is 0 Å². The monoisotopic (exact) mass is 220 g/mol. The molecule has 0 aliphatic heterocycles. The summed E-state index contributed by atoms with van der Waals surface area (Å²) in [4.78, 5) is 2.13.